The molecule has 0 saturated carbocycles. The molecule has 0 unspecified atom stereocenters. The molecule has 1 aromatic rings. The molecule has 0 bridgehead atoms. The lowest BCUT2D eigenvalue weighted by Gasteiger charge is -2.11. The van der Waals surface area contributed by atoms with E-state index in [0.717, 1.165) is 0 Å². The van der Waals surface area contributed by atoms with E-state index in [1.165, 1.54) is 0 Å². The molecular weight excluding hydrogens is 270 g/mol. The number of amides is 2. The van der Waals surface area contributed by atoms with Gasteiger partial charge in [-0.3, -0.25) is 9.59 Å². The van der Waals surface area contributed by atoms with Crippen molar-refractivity contribution in [3.8, 4) is 5.75 Å². The van der Waals surface area contributed by atoms with E-state index in [2.05, 4.69) is 16.0 Å². The highest BCUT2D eigenvalue weighted by atomic mass is 16.5. The highest BCUT2D eigenvalue weighted by Gasteiger charge is 2.07. The standard InChI is InChI=1S/C15H23N3O3/c1-11(2)17-14(19)8-9-16-10-15(20)18-12-6-4-5-7-13(12)21-3/h4-7,11,16H,8-10H2,1-3H3,(H,17,19)(H,18,20). The summed E-state index contributed by atoms with van der Waals surface area (Å²) in [5.41, 5.74) is 0.629. The second kappa shape index (κ2) is 8.97. The van der Waals surface area contributed by atoms with Crippen LogP contribution in [0.2, 0.25) is 0 Å². The van der Waals surface area contributed by atoms with Crippen LogP contribution in [0.25, 0.3) is 0 Å². The number of carbonyl (C=O) groups excluding carboxylic acids is 2. The third-order valence-electron chi connectivity index (χ3n) is 2.65. The highest BCUT2D eigenvalue weighted by molar-refractivity contribution is 5.93. The van der Waals surface area contributed by atoms with Crippen LogP contribution < -0.4 is 20.7 Å². The van der Waals surface area contributed by atoms with Crippen molar-refractivity contribution in [2.45, 2.75) is 26.3 Å². The summed E-state index contributed by atoms with van der Waals surface area (Å²) >= 11 is 0. The van der Waals surface area contributed by atoms with Crippen LogP contribution in [0.4, 0.5) is 5.69 Å². The van der Waals surface area contributed by atoms with Crippen molar-refractivity contribution in [3.63, 3.8) is 0 Å². The number of nitrogens with one attached hydrogen (secondary N) is 3. The van der Waals surface area contributed by atoms with Crippen molar-refractivity contribution >= 4 is 17.5 Å². The van der Waals surface area contributed by atoms with Gasteiger partial charge in [-0.2, -0.15) is 0 Å². The highest BCUT2D eigenvalue weighted by Crippen LogP contribution is 2.22. The zero-order chi connectivity index (χ0) is 15.7. The summed E-state index contributed by atoms with van der Waals surface area (Å²) < 4.78 is 5.15. The van der Waals surface area contributed by atoms with Crippen LogP contribution in [-0.2, 0) is 9.59 Å². The summed E-state index contributed by atoms with van der Waals surface area (Å²) in [7, 11) is 1.55. The number of benzene rings is 1. The van der Waals surface area contributed by atoms with Gasteiger partial charge in [-0.1, -0.05) is 12.1 Å². The molecular formula is C15H23N3O3. The zero-order valence-electron chi connectivity index (χ0n) is 12.7. The average molecular weight is 293 g/mol. The van der Waals surface area contributed by atoms with Gasteiger partial charge in [-0.25, -0.2) is 0 Å². The van der Waals surface area contributed by atoms with Gasteiger partial charge >= 0.3 is 0 Å². The molecule has 0 radical (unpaired) electrons. The molecule has 0 saturated heterocycles. The minimum Gasteiger partial charge on any atom is -0.495 e. The molecule has 116 valence electrons. The van der Waals surface area contributed by atoms with E-state index in [4.69, 9.17) is 4.74 Å². The number of carbonyl (C=O) groups is 2. The van der Waals surface area contributed by atoms with Gasteiger partial charge in [0.2, 0.25) is 11.8 Å². The minimum atomic E-state index is -0.177. The van der Waals surface area contributed by atoms with Crippen LogP contribution in [-0.4, -0.2) is 38.1 Å². The summed E-state index contributed by atoms with van der Waals surface area (Å²) in [6, 6.07) is 7.33. The van der Waals surface area contributed by atoms with Gasteiger partial charge in [0.05, 0.1) is 19.3 Å². The normalized spacial score (nSPS) is 10.3. The van der Waals surface area contributed by atoms with Gasteiger partial charge in [-0.15, -0.1) is 0 Å². The summed E-state index contributed by atoms with van der Waals surface area (Å²) in [6.45, 7) is 4.42. The Labute approximate surface area is 125 Å². The van der Waals surface area contributed by atoms with Crippen LogP contribution in [0.5, 0.6) is 5.75 Å². The number of hydrogen-bond donors (Lipinski definition) is 3. The average Bonchev–Trinajstić information content (AvgIpc) is 2.43. The fourth-order valence-corrected chi connectivity index (χ4v) is 1.74. The van der Waals surface area contributed by atoms with Crippen LogP contribution in [0.3, 0.4) is 0 Å². The Morgan fingerprint density at radius 3 is 2.57 bits per heavy atom. The smallest absolute Gasteiger partial charge is 0.238 e. The lowest BCUT2D eigenvalue weighted by molar-refractivity contribution is -0.121. The molecule has 0 heterocycles. The maximum absolute atomic E-state index is 11.8. The van der Waals surface area contributed by atoms with Gasteiger partial charge in [-0.05, 0) is 26.0 Å². The Kier molecular flexibility index (Phi) is 7.25. The second-order valence-electron chi connectivity index (χ2n) is 4.90. The van der Waals surface area contributed by atoms with Crippen LogP contribution in [0.15, 0.2) is 24.3 Å². The molecule has 21 heavy (non-hydrogen) atoms. The molecule has 1 aromatic carbocycles. The monoisotopic (exact) mass is 293 g/mol. The predicted molar refractivity (Wildman–Crippen MR) is 82.4 cm³/mol. The van der Waals surface area contributed by atoms with Crippen molar-refractivity contribution < 1.29 is 14.3 Å². The molecule has 6 heteroatoms. The molecule has 0 aromatic heterocycles. The number of ether oxygens (including phenoxy) is 1. The lowest BCUT2D eigenvalue weighted by atomic mass is 10.3. The molecule has 3 N–H and O–H groups in total. The topological polar surface area (TPSA) is 79.5 Å². The number of methoxy groups -OCH3 is 1. The van der Waals surface area contributed by atoms with Crippen LogP contribution in [0.1, 0.15) is 20.3 Å². The van der Waals surface area contributed by atoms with Gasteiger partial charge < -0.3 is 20.7 Å². The number of hydrogen-bond acceptors (Lipinski definition) is 4. The summed E-state index contributed by atoms with van der Waals surface area (Å²) in [4.78, 5) is 23.2. The van der Waals surface area contributed by atoms with Crippen molar-refractivity contribution in [3.05, 3.63) is 24.3 Å². The molecule has 6 nitrogen and oxygen atoms in total. The molecule has 0 fully saturated rings. The first-order valence-corrected chi connectivity index (χ1v) is 6.96. The summed E-state index contributed by atoms with van der Waals surface area (Å²) in [5, 5.41) is 8.48. The molecule has 0 aliphatic carbocycles. The van der Waals surface area contributed by atoms with Crippen molar-refractivity contribution in [1.82, 2.24) is 10.6 Å². The van der Waals surface area contributed by atoms with E-state index in [1.807, 2.05) is 26.0 Å². The van der Waals surface area contributed by atoms with Gasteiger partial charge in [0.1, 0.15) is 5.75 Å². The summed E-state index contributed by atoms with van der Waals surface area (Å²) in [5.74, 6) is 0.411. The van der Waals surface area contributed by atoms with E-state index < -0.39 is 0 Å². The Morgan fingerprint density at radius 1 is 1.19 bits per heavy atom. The Bertz CT molecular complexity index is 475. The number of rotatable bonds is 8. The molecule has 0 atom stereocenters. The minimum absolute atomic E-state index is 0.0253. The first-order valence-electron chi connectivity index (χ1n) is 6.96. The van der Waals surface area contributed by atoms with Gasteiger partial charge in [0.25, 0.3) is 0 Å². The lowest BCUT2D eigenvalue weighted by Crippen LogP contribution is -2.34. The fourth-order valence-electron chi connectivity index (χ4n) is 1.74. The van der Waals surface area contributed by atoms with Crippen molar-refractivity contribution in [2.24, 2.45) is 0 Å². The molecule has 2 amide bonds. The van der Waals surface area contributed by atoms with E-state index in [9.17, 15) is 9.59 Å². The molecule has 0 aliphatic rings. The van der Waals surface area contributed by atoms with E-state index >= 15 is 0 Å². The zero-order valence-corrected chi connectivity index (χ0v) is 12.7. The van der Waals surface area contributed by atoms with Crippen LogP contribution in [0, 0.1) is 0 Å². The molecule has 0 spiro atoms. The Morgan fingerprint density at radius 2 is 1.90 bits per heavy atom. The molecule has 1 rings (SSSR count). The predicted octanol–water partition coefficient (Wildman–Crippen LogP) is 1.14. The quantitative estimate of drug-likeness (QED) is 0.628. The van der Waals surface area contributed by atoms with E-state index in [1.54, 1.807) is 19.2 Å². The fraction of sp³-hybridized carbons (Fsp3) is 0.467. The van der Waals surface area contributed by atoms with E-state index in [0.29, 0.717) is 24.4 Å². The first-order chi connectivity index (χ1) is 10.0. The number of anilines is 1. The van der Waals surface area contributed by atoms with Crippen molar-refractivity contribution in [2.75, 3.05) is 25.5 Å². The maximum atomic E-state index is 11.8. The first kappa shape index (κ1) is 17.0. The van der Waals surface area contributed by atoms with Crippen molar-refractivity contribution in [1.29, 1.82) is 0 Å². The summed E-state index contributed by atoms with van der Waals surface area (Å²) in [6.07, 6.45) is 0.347. The maximum Gasteiger partial charge on any atom is 0.238 e. The molecule has 0 aliphatic heterocycles. The van der Waals surface area contributed by atoms with Gasteiger partial charge in [0.15, 0.2) is 0 Å². The number of para-hydroxylation sites is 2. The third kappa shape index (κ3) is 6.76. The van der Waals surface area contributed by atoms with E-state index in [-0.39, 0.29) is 24.4 Å². The second-order valence-corrected chi connectivity index (χ2v) is 4.90. The van der Waals surface area contributed by atoms with Gasteiger partial charge in [0, 0.05) is 19.0 Å². The third-order valence-corrected chi connectivity index (χ3v) is 2.65. The Balaban J connectivity index is 2.27. The van der Waals surface area contributed by atoms with Crippen LogP contribution >= 0.6 is 0 Å². The SMILES string of the molecule is COc1ccccc1NC(=O)CNCCC(=O)NC(C)C. The largest absolute Gasteiger partial charge is 0.495 e. The Hall–Kier alpha value is -2.08.